The first-order valence-corrected chi connectivity index (χ1v) is 11.1. The summed E-state index contributed by atoms with van der Waals surface area (Å²) in [5.41, 5.74) is 2.02. The van der Waals surface area contributed by atoms with E-state index in [1.165, 1.54) is 37.4 Å². The van der Waals surface area contributed by atoms with Crippen molar-refractivity contribution in [3.63, 3.8) is 0 Å². The fourth-order valence-corrected chi connectivity index (χ4v) is 4.72. The average molecular weight is 456 g/mol. The molecule has 0 radical (unpaired) electrons. The minimum atomic E-state index is -3.73. The molecule has 0 aliphatic rings. The first-order valence-electron chi connectivity index (χ1n) is 9.27. The summed E-state index contributed by atoms with van der Waals surface area (Å²) in [5, 5.41) is 3.88. The predicted octanol–water partition coefficient (Wildman–Crippen LogP) is 3.99. The van der Waals surface area contributed by atoms with Crippen LogP contribution in [-0.4, -0.2) is 31.4 Å². The normalized spacial score (nSPS) is 11.4. The van der Waals surface area contributed by atoms with Gasteiger partial charge in [-0.25, -0.2) is 8.42 Å². The molecule has 31 heavy (non-hydrogen) atoms. The van der Waals surface area contributed by atoms with E-state index in [4.69, 9.17) is 16.3 Å². The van der Waals surface area contributed by atoms with Gasteiger partial charge in [0.25, 0.3) is 5.91 Å². The quantitative estimate of drug-likeness (QED) is 0.457. The maximum atomic E-state index is 12.9. The Hall–Kier alpha value is -3.36. The first-order chi connectivity index (χ1) is 14.9. The molecule has 0 saturated carbocycles. The molecule has 1 amide bonds. The number of nitrogens with one attached hydrogen (secondary N) is 2. The van der Waals surface area contributed by atoms with E-state index in [-0.39, 0.29) is 27.3 Å². The number of carbonyl (C=O) groups is 1. The van der Waals surface area contributed by atoms with Gasteiger partial charge in [0.05, 0.1) is 21.9 Å². The van der Waals surface area contributed by atoms with Crippen LogP contribution in [0.3, 0.4) is 0 Å². The summed E-state index contributed by atoms with van der Waals surface area (Å²) in [5.74, 6) is 0.138. The molecule has 2 aromatic carbocycles. The fraction of sp³-hybridized carbons (Fsp3) is 0.0909. The maximum Gasteiger partial charge on any atom is 0.267 e. The number of H-pyrrole nitrogens is 1. The van der Waals surface area contributed by atoms with Gasteiger partial charge >= 0.3 is 0 Å². The first kappa shape index (κ1) is 20.9. The number of benzene rings is 2. The Morgan fingerprint density at radius 3 is 2.52 bits per heavy atom. The lowest BCUT2D eigenvalue weighted by molar-refractivity contribution is 0.0946. The van der Waals surface area contributed by atoms with Gasteiger partial charge in [-0.3, -0.25) is 9.78 Å². The Morgan fingerprint density at radius 1 is 1.10 bits per heavy atom. The van der Waals surface area contributed by atoms with Gasteiger partial charge in [-0.15, -0.1) is 0 Å². The van der Waals surface area contributed by atoms with Crippen LogP contribution in [0.4, 0.5) is 0 Å². The summed E-state index contributed by atoms with van der Waals surface area (Å²) in [6.45, 7) is 0.251. The van der Waals surface area contributed by atoms with Crippen molar-refractivity contribution in [2.75, 3.05) is 7.11 Å². The molecule has 0 aliphatic carbocycles. The Kier molecular flexibility index (Phi) is 5.67. The van der Waals surface area contributed by atoms with Crippen molar-refractivity contribution in [2.24, 2.45) is 0 Å². The number of ether oxygens (including phenoxy) is 1. The van der Waals surface area contributed by atoms with E-state index in [1.54, 1.807) is 36.7 Å². The number of amides is 1. The third-order valence-corrected chi connectivity index (χ3v) is 6.85. The zero-order valence-electron chi connectivity index (χ0n) is 16.4. The molecule has 2 aromatic heterocycles. The molecule has 0 atom stereocenters. The number of hydrogen-bond donors (Lipinski definition) is 2. The van der Waals surface area contributed by atoms with E-state index in [9.17, 15) is 13.2 Å². The van der Waals surface area contributed by atoms with Gasteiger partial charge in [0.1, 0.15) is 11.4 Å². The molecule has 4 aromatic rings. The van der Waals surface area contributed by atoms with E-state index < -0.39 is 9.84 Å². The summed E-state index contributed by atoms with van der Waals surface area (Å²) in [6, 6.07) is 14.2. The van der Waals surface area contributed by atoms with Gasteiger partial charge in [0.2, 0.25) is 9.84 Å². The standard InChI is InChI=1S/C22H18ClN3O4S/c1-30-21-7-6-17(11-18(21)23)31(28,29)16-4-2-14(3-5-16)12-25-22(27)20-10-15-13-24-9-8-19(15)26-20/h2-11,13,26H,12H2,1H3,(H,25,27). The Balaban J connectivity index is 1.46. The van der Waals surface area contributed by atoms with Crippen LogP contribution in [0, 0.1) is 0 Å². The lowest BCUT2D eigenvalue weighted by Crippen LogP contribution is -2.23. The highest BCUT2D eigenvalue weighted by Gasteiger charge is 2.19. The van der Waals surface area contributed by atoms with Crippen LogP contribution in [-0.2, 0) is 16.4 Å². The number of hydrogen-bond acceptors (Lipinski definition) is 5. The minimum absolute atomic E-state index is 0.0765. The van der Waals surface area contributed by atoms with Crippen molar-refractivity contribution < 1.29 is 17.9 Å². The number of methoxy groups -OCH3 is 1. The highest BCUT2D eigenvalue weighted by atomic mass is 35.5. The third-order valence-electron chi connectivity index (χ3n) is 4.79. The van der Waals surface area contributed by atoms with Gasteiger partial charge in [0, 0.05) is 29.8 Å². The third kappa shape index (κ3) is 4.26. The molecule has 0 bridgehead atoms. The lowest BCUT2D eigenvalue weighted by atomic mass is 10.2. The molecule has 2 heterocycles. The van der Waals surface area contributed by atoms with Gasteiger partial charge in [-0.1, -0.05) is 23.7 Å². The molecule has 4 rings (SSSR count). The van der Waals surface area contributed by atoms with Gasteiger partial charge in [0.15, 0.2) is 0 Å². The average Bonchev–Trinajstić information content (AvgIpc) is 3.22. The van der Waals surface area contributed by atoms with Crippen molar-refractivity contribution in [1.29, 1.82) is 0 Å². The number of carbonyl (C=O) groups excluding carboxylic acids is 1. The Morgan fingerprint density at radius 2 is 1.84 bits per heavy atom. The van der Waals surface area contributed by atoms with E-state index in [0.29, 0.717) is 11.4 Å². The molecule has 0 saturated heterocycles. The Bertz CT molecular complexity index is 1330. The predicted molar refractivity (Wildman–Crippen MR) is 117 cm³/mol. The Labute approximate surface area is 184 Å². The monoisotopic (exact) mass is 455 g/mol. The molecular weight excluding hydrogens is 438 g/mol. The number of aromatic amines is 1. The number of nitrogens with zero attached hydrogens (tertiary/aromatic N) is 1. The lowest BCUT2D eigenvalue weighted by Gasteiger charge is -2.09. The molecule has 2 N–H and O–H groups in total. The number of sulfone groups is 1. The topological polar surface area (TPSA) is 101 Å². The zero-order valence-corrected chi connectivity index (χ0v) is 18.0. The van der Waals surface area contributed by atoms with E-state index in [0.717, 1.165) is 16.5 Å². The molecule has 158 valence electrons. The summed E-state index contributed by atoms with van der Waals surface area (Å²) in [7, 11) is -2.27. The van der Waals surface area contributed by atoms with Crippen LogP contribution in [0.2, 0.25) is 5.02 Å². The molecule has 0 unspecified atom stereocenters. The summed E-state index contributed by atoms with van der Waals surface area (Å²) >= 11 is 6.06. The van der Waals surface area contributed by atoms with Gasteiger partial charge in [-0.2, -0.15) is 0 Å². The largest absolute Gasteiger partial charge is 0.495 e. The summed E-state index contributed by atoms with van der Waals surface area (Å²) < 4.78 is 30.8. The van der Waals surface area contributed by atoms with Crippen molar-refractivity contribution >= 4 is 38.2 Å². The highest BCUT2D eigenvalue weighted by Crippen LogP contribution is 2.30. The SMILES string of the molecule is COc1ccc(S(=O)(=O)c2ccc(CNC(=O)c3cc4cnccc4[nH]3)cc2)cc1Cl. The maximum absolute atomic E-state index is 12.9. The smallest absolute Gasteiger partial charge is 0.267 e. The molecule has 9 heteroatoms. The van der Waals surface area contributed by atoms with E-state index in [1.807, 2.05) is 0 Å². The number of fused-ring (bicyclic) bond motifs is 1. The van der Waals surface area contributed by atoms with E-state index in [2.05, 4.69) is 15.3 Å². The van der Waals surface area contributed by atoms with Crippen LogP contribution in [0.25, 0.3) is 10.9 Å². The fourth-order valence-electron chi connectivity index (χ4n) is 3.11. The minimum Gasteiger partial charge on any atom is -0.495 e. The van der Waals surface area contributed by atoms with Crippen molar-refractivity contribution in [1.82, 2.24) is 15.3 Å². The van der Waals surface area contributed by atoms with Crippen LogP contribution in [0.15, 0.2) is 76.8 Å². The molecule has 7 nitrogen and oxygen atoms in total. The molecule has 0 fully saturated rings. The van der Waals surface area contributed by atoms with Gasteiger partial charge < -0.3 is 15.0 Å². The van der Waals surface area contributed by atoms with Crippen molar-refractivity contribution in [3.8, 4) is 5.75 Å². The van der Waals surface area contributed by atoms with E-state index >= 15 is 0 Å². The molecule has 0 aliphatic heterocycles. The summed E-state index contributed by atoms with van der Waals surface area (Å²) in [6.07, 6.45) is 3.33. The van der Waals surface area contributed by atoms with Crippen molar-refractivity contribution in [2.45, 2.75) is 16.3 Å². The van der Waals surface area contributed by atoms with Crippen molar-refractivity contribution in [3.05, 3.63) is 83.3 Å². The van der Waals surface area contributed by atoms with Crippen LogP contribution < -0.4 is 10.1 Å². The second-order valence-electron chi connectivity index (χ2n) is 6.77. The number of aromatic nitrogens is 2. The van der Waals surface area contributed by atoms with Crippen LogP contribution >= 0.6 is 11.6 Å². The van der Waals surface area contributed by atoms with Gasteiger partial charge in [-0.05, 0) is 48.0 Å². The second-order valence-corrected chi connectivity index (χ2v) is 9.13. The number of pyridine rings is 1. The number of halogens is 1. The van der Waals surface area contributed by atoms with Crippen LogP contribution in [0.1, 0.15) is 16.1 Å². The number of rotatable bonds is 6. The highest BCUT2D eigenvalue weighted by molar-refractivity contribution is 7.91. The second kappa shape index (κ2) is 8.41. The summed E-state index contributed by atoms with van der Waals surface area (Å²) in [4.78, 5) is 19.7. The van der Waals surface area contributed by atoms with Crippen LogP contribution in [0.5, 0.6) is 5.75 Å². The molecule has 0 spiro atoms. The molecular formula is C22H18ClN3O4S. The zero-order chi connectivity index (χ0) is 22.0.